The highest BCUT2D eigenvalue weighted by Gasteiger charge is 2.20. The van der Waals surface area contributed by atoms with Gasteiger partial charge in [-0.3, -0.25) is 4.79 Å². The maximum atomic E-state index is 10.9. The number of rotatable bonds is 11. The Balaban J connectivity index is 1.64. The van der Waals surface area contributed by atoms with Gasteiger partial charge in [0.15, 0.2) is 5.58 Å². The molecule has 6 nitrogen and oxygen atoms in total. The van der Waals surface area contributed by atoms with Crippen LogP contribution in [0.1, 0.15) is 57.4 Å². The van der Waals surface area contributed by atoms with E-state index in [4.69, 9.17) is 26.0 Å². The third-order valence-electron chi connectivity index (χ3n) is 5.65. The van der Waals surface area contributed by atoms with Crippen molar-refractivity contribution >= 4 is 34.2 Å². The third kappa shape index (κ3) is 6.66. The number of aromatic nitrogens is 1. The van der Waals surface area contributed by atoms with E-state index in [0.29, 0.717) is 17.2 Å². The van der Waals surface area contributed by atoms with Gasteiger partial charge in [0, 0.05) is 24.5 Å². The molecule has 0 aliphatic heterocycles. The summed E-state index contributed by atoms with van der Waals surface area (Å²) in [6, 6.07) is 9.49. The first kappa shape index (κ1) is 25.9. The molecule has 0 atom stereocenters. The second kappa shape index (κ2) is 11.1. The summed E-state index contributed by atoms with van der Waals surface area (Å²) in [6.07, 6.45) is 3.49. The van der Waals surface area contributed by atoms with Crippen molar-refractivity contribution in [1.82, 2.24) is 5.16 Å². The Morgan fingerprint density at radius 3 is 2.65 bits per heavy atom. The molecule has 0 unspecified atom stereocenters. The number of fused-ring (bicyclic) bond motifs is 1. The summed E-state index contributed by atoms with van der Waals surface area (Å²) < 4.78 is 12.0. The zero-order valence-electron chi connectivity index (χ0n) is 20.8. The van der Waals surface area contributed by atoms with Crippen LogP contribution < -0.4 is 9.64 Å². The lowest BCUT2D eigenvalue weighted by Gasteiger charge is -2.21. The minimum atomic E-state index is -0.870. The smallest absolute Gasteiger partial charge is 0.307 e. The van der Waals surface area contributed by atoms with Gasteiger partial charge in [0.1, 0.15) is 5.75 Å². The molecule has 3 aromatic rings. The minimum absolute atomic E-state index is 0.0368. The van der Waals surface area contributed by atoms with Crippen molar-refractivity contribution in [3.8, 4) is 5.75 Å². The second-order valence-corrected chi connectivity index (χ2v) is 10.4. The molecule has 1 N–H and O–H groups in total. The number of aliphatic carboxylic acids is 1. The molecule has 0 spiro atoms. The SMILES string of the molecule is CCCc1c(OCCCN(C)c2ccc(CC(=O)O)cc2Cl)ccc2c(CC(C)(C)C)noc12. The highest BCUT2D eigenvalue weighted by atomic mass is 35.5. The first-order valence-electron chi connectivity index (χ1n) is 11.8. The fourth-order valence-electron chi connectivity index (χ4n) is 4.09. The van der Waals surface area contributed by atoms with E-state index >= 15 is 0 Å². The van der Waals surface area contributed by atoms with Crippen LogP contribution in [0.15, 0.2) is 34.9 Å². The number of anilines is 1. The number of carboxylic acids is 1. The molecule has 0 amide bonds. The van der Waals surface area contributed by atoms with Crippen LogP contribution in [0.25, 0.3) is 11.0 Å². The average Bonchev–Trinajstić information content (AvgIpc) is 3.13. The molecular weight excluding hydrogens is 452 g/mol. The largest absolute Gasteiger partial charge is 0.493 e. The number of halogens is 1. The van der Waals surface area contributed by atoms with Crippen LogP contribution >= 0.6 is 11.6 Å². The van der Waals surface area contributed by atoms with E-state index in [0.717, 1.165) is 65.9 Å². The maximum Gasteiger partial charge on any atom is 0.307 e. The number of nitrogens with zero attached hydrogens (tertiary/aromatic N) is 2. The van der Waals surface area contributed by atoms with Crippen LogP contribution in [0.2, 0.25) is 5.02 Å². The molecule has 2 aromatic carbocycles. The summed E-state index contributed by atoms with van der Waals surface area (Å²) in [5.41, 5.74) is 4.61. The lowest BCUT2D eigenvalue weighted by atomic mass is 9.89. The molecule has 3 rings (SSSR count). The topological polar surface area (TPSA) is 75.8 Å². The lowest BCUT2D eigenvalue weighted by molar-refractivity contribution is -0.136. The fourth-order valence-corrected chi connectivity index (χ4v) is 4.44. The van der Waals surface area contributed by atoms with Crippen LogP contribution in [0.3, 0.4) is 0 Å². The zero-order valence-corrected chi connectivity index (χ0v) is 21.5. The summed E-state index contributed by atoms with van der Waals surface area (Å²) in [6.45, 7) is 10.1. The quantitative estimate of drug-likeness (QED) is 0.309. The summed E-state index contributed by atoms with van der Waals surface area (Å²) >= 11 is 6.39. The van der Waals surface area contributed by atoms with Crippen LogP contribution in [-0.2, 0) is 24.1 Å². The number of ether oxygens (including phenoxy) is 1. The number of carbonyl (C=O) groups is 1. The van der Waals surface area contributed by atoms with Gasteiger partial charge in [-0.05, 0) is 54.5 Å². The zero-order chi connectivity index (χ0) is 24.9. The van der Waals surface area contributed by atoms with Crippen molar-refractivity contribution < 1.29 is 19.2 Å². The van der Waals surface area contributed by atoms with E-state index in [1.807, 2.05) is 19.2 Å². The Bertz CT molecular complexity index is 1130. The van der Waals surface area contributed by atoms with Gasteiger partial charge >= 0.3 is 5.97 Å². The number of benzene rings is 2. The molecule has 0 fully saturated rings. The average molecular weight is 487 g/mol. The molecule has 34 heavy (non-hydrogen) atoms. The Morgan fingerprint density at radius 2 is 2.00 bits per heavy atom. The predicted molar refractivity (Wildman–Crippen MR) is 137 cm³/mol. The van der Waals surface area contributed by atoms with E-state index in [1.54, 1.807) is 12.1 Å². The highest BCUT2D eigenvalue weighted by Crippen LogP contribution is 2.34. The van der Waals surface area contributed by atoms with Crippen molar-refractivity contribution in [2.75, 3.05) is 25.1 Å². The van der Waals surface area contributed by atoms with Crippen LogP contribution in [0.5, 0.6) is 5.75 Å². The normalized spacial score (nSPS) is 11.7. The standard InChI is InChI=1S/C27H35ClN2O4/c1-6-8-20-24(12-10-19-22(17-27(2,3)4)29-34-26(19)20)33-14-7-13-30(5)23-11-9-18(15-21(23)28)16-25(31)32/h9-12,15H,6-8,13-14,16-17H2,1-5H3,(H,31,32). The Morgan fingerprint density at radius 1 is 1.24 bits per heavy atom. The first-order valence-corrected chi connectivity index (χ1v) is 12.2. The Kier molecular flexibility index (Phi) is 8.47. The van der Waals surface area contributed by atoms with Crippen LogP contribution in [-0.4, -0.2) is 36.4 Å². The van der Waals surface area contributed by atoms with Crippen molar-refractivity contribution in [2.45, 2.75) is 59.8 Å². The summed E-state index contributed by atoms with van der Waals surface area (Å²) in [7, 11) is 1.97. The summed E-state index contributed by atoms with van der Waals surface area (Å²) in [5.74, 6) is -0.0165. The molecular formula is C27H35ClN2O4. The van der Waals surface area contributed by atoms with Crippen LogP contribution in [0.4, 0.5) is 5.69 Å². The van der Waals surface area contributed by atoms with Gasteiger partial charge in [-0.2, -0.15) is 0 Å². The van der Waals surface area contributed by atoms with Crippen molar-refractivity contribution in [3.63, 3.8) is 0 Å². The van der Waals surface area contributed by atoms with E-state index in [-0.39, 0.29) is 11.8 Å². The van der Waals surface area contributed by atoms with Gasteiger partial charge < -0.3 is 19.3 Å². The van der Waals surface area contributed by atoms with E-state index < -0.39 is 5.97 Å². The van der Waals surface area contributed by atoms with Gasteiger partial charge in [-0.15, -0.1) is 0 Å². The molecule has 0 aliphatic rings. The molecule has 0 radical (unpaired) electrons. The number of hydrogen-bond donors (Lipinski definition) is 1. The molecule has 0 bridgehead atoms. The van der Waals surface area contributed by atoms with E-state index in [1.165, 1.54) is 0 Å². The Hall–Kier alpha value is -2.73. The van der Waals surface area contributed by atoms with E-state index in [9.17, 15) is 4.79 Å². The molecule has 0 aliphatic carbocycles. The number of carboxylic acid groups (broad SMARTS) is 1. The molecule has 0 saturated carbocycles. The van der Waals surface area contributed by atoms with Crippen molar-refractivity contribution in [2.24, 2.45) is 5.41 Å². The lowest BCUT2D eigenvalue weighted by Crippen LogP contribution is -2.21. The van der Waals surface area contributed by atoms with E-state index in [2.05, 4.69) is 43.8 Å². The number of hydrogen-bond acceptors (Lipinski definition) is 5. The molecule has 7 heteroatoms. The van der Waals surface area contributed by atoms with Gasteiger partial charge in [0.25, 0.3) is 0 Å². The Labute approximate surface area is 206 Å². The summed E-state index contributed by atoms with van der Waals surface area (Å²) in [4.78, 5) is 13.0. The molecule has 0 saturated heterocycles. The van der Waals surface area contributed by atoms with Crippen molar-refractivity contribution in [1.29, 1.82) is 0 Å². The van der Waals surface area contributed by atoms with Gasteiger partial charge in [0.2, 0.25) is 0 Å². The minimum Gasteiger partial charge on any atom is -0.493 e. The summed E-state index contributed by atoms with van der Waals surface area (Å²) in [5, 5.41) is 14.9. The van der Waals surface area contributed by atoms with Crippen LogP contribution in [0, 0.1) is 5.41 Å². The van der Waals surface area contributed by atoms with Gasteiger partial charge in [-0.25, -0.2) is 0 Å². The monoisotopic (exact) mass is 486 g/mol. The molecule has 1 heterocycles. The number of aryl methyl sites for hydroxylation is 1. The predicted octanol–water partition coefficient (Wildman–Crippen LogP) is 6.55. The van der Waals surface area contributed by atoms with Gasteiger partial charge in [-0.1, -0.05) is 56.9 Å². The maximum absolute atomic E-state index is 10.9. The molecule has 184 valence electrons. The highest BCUT2D eigenvalue weighted by molar-refractivity contribution is 6.33. The van der Waals surface area contributed by atoms with Crippen molar-refractivity contribution in [3.05, 3.63) is 52.2 Å². The third-order valence-corrected chi connectivity index (χ3v) is 5.95. The first-order chi connectivity index (χ1) is 16.1. The van der Waals surface area contributed by atoms with Gasteiger partial charge in [0.05, 0.1) is 29.4 Å². The fraction of sp³-hybridized carbons (Fsp3) is 0.481. The molecule has 1 aromatic heterocycles. The second-order valence-electron chi connectivity index (χ2n) is 10.0.